The second-order valence-corrected chi connectivity index (χ2v) is 8.43. The second kappa shape index (κ2) is 6.88. The number of amides is 1. The molecule has 128 valence electrons. The first kappa shape index (κ1) is 16.1. The van der Waals surface area contributed by atoms with Gasteiger partial charge in [0.05, 0.1) is 5.75 Å². The number of nitrogens with zero attached hydrogens (tertiary/aromatic N) is 4. The summed E-state index contributed by atoms with van der Waals surface area (Å²) in [6.45, 7) is 2.87. The van der Waals surface area contributed by atoms with E-state index in [0.717, 1.165) is 36.8 Å². The maximum atomic E-state index is 12.4. The van der Waals surface area contributed by atoms with Crippen LogP contribution in [0.2, 0.25) is 0 Å². The molecule has 2 aromatic heterocycles. The van der Waals surface area contributed by atoms with Gasteiger partial charge in [-0.2, -0.15) is 0 Å². The predicted octanol–water partition coefficient (Wildman–Crippen LogP) is 3.37. The van der Waals surface area contributed by atoms with Crippen LogP contribution in [0.15, 0.2) is 22.7 Å². The normalized spacial score (nSPS) is 17.2. The maximum absolute atomic E-state index is 12.4. The zero-order valence-corrected chi connectivity index (χ0v) is 15.5. The predicted molar refractivity (Wildman–Crippen MR) is 96.6 cm³/mol. The van der Waals surface area contributed by atoms with Crippen molar-refractivity contribution in [1.82, 2.24) is 19.7 Å². The second-order valence-electron chi connectivity index (χ2n) is 6.46. The van der Waals surface area contributed by atoms with Gasteiger partial charge in [-0.25, -0.2) is 0 Å². The topological polar surface area (TPSA) is 51.0 Å². The van der Waals surface area contributed by atoms with Crippen LogP contribution < -0.4 is 0 Å². The van der Waals surface area contributed by atoms with Gasteiger partial charge >= 0.3 is 0 Å². The van der Waals surface area contributed by atoms with Crippen LogP contribution in [0.4, 0.5) is 0 Å². The van der Waals surface area contributed by atoms with E-state index in [1.54, 1.807) is 23.1 Å². The molecule has 0 N–H and O–H groups in total. The lowest BCUT2D eigenvalue weighted by molar-refractivity contribution is -0.128. The molecule has 2 fully saturated rings. The van der Waals surface area contributed by atoms with E-state index in [9.17, 15) is 4.79 Å². The van der Waals surface area contributed by atoms with E-state index in [2.05, 4.69) is 39.2 Å². The highest BCUT2D eigenvalue weighted by Gasteiger charge is 2.33. The van der Waals surface area contributed by atoms with Gasteiger partial charge in [0.25, 0.3) is 0 Å². The fraction of sp³-hybridized carbons (Fsp3) is 0.588. The summed E-state index contributed by atoms with van der Waals surface area (Å²) in [5.41, 5.74) is 0. The van der Waals surface area contributed by atoms with Gasteiger partial charge < -0.3 is 9.47 Å². The van der Waals surface area contributed by atoms with E-state index < -0.39 is 0 Å². The SMILES string of the molecule is CCN(C(=O)CSc1nnc(Cc2cccs2)n1C1CC1)C1CC1. The molecule has 0 radical (unpaired) electrons. The number of hydrogen-bond donors (Lipinski definition) is 0. The monoisotopic (exact) mass is 362 g/mol. The number of rotatable bonds is 8. The van der Waals surface area contributed by atoms with Crippen molar-refractivity contribution in [3.05, 3.63) is 28.2 Å². The highest BCUT2D eigenvalue weighted by Crippen LogP contribution is 2.39. The lowest BCUT2D eigenvalue weighted by Crippen LogP contribution is -2.34. The van der Waals surface area contributed by atoms with Crippen molar-refractivity contribution in [2.75, 3.05) is 12.3 Å². The summed E-state index contributed by atoms with van der Waals surface area (Å²) in [7, 11) is 0. The van der Waals surface area contributed by atoms with Crippen molar-refractivity contribution in [3.8, 4) is 0 Å². The van der Waals surface area contributed by atoms with Crippen LogP contribution in [-0.2, 0) is 11.2 Å². The summed E-state index contributed by atoms with van der Waals surface area (Å²) in [6, 6.07) is 5.22. The van der Waals surface area contributed by atoms with E-state index in [0.29, 0.717) is 17.8 Å². The van der Waals surface area contributed by atoms with Crippen LogP contribution in [-0.4, -0.2) is 43.9 Å². The molecule has 0 aliphatic heterocycles. The van der Waals surface area contributed by atoms with Crippen LogP contribution in [0.5, 0.6) is 0 Å². The fourth-order valence-corrected chi connectivity index (χ4v) is 4.64. The smallest absolute Gasteiger partial charge is 0.233 e. The third-order valence-corrected chi connectivity index (χ3v) is 6.34. The Kier molecular flexibility index (Phi) is 4.63. The Morgan fingerprint density at radius 1 is 1.38 bits per heavy atom. The summed E-state index contributed by atoms with van der Waals surface area (Å²) in [5.74, 6) is 1.73. The van der Waals surface area contributed by atoms with Crippen molar-refractivity contribution in [2.24, 2.45) is 0 Å². The molecule has 0 unspecified atom stereocenters. The van der Waals surface area contributed by atoms with Crippen LogP contribution in [0.3, 0.4) is 0 Å². The summed E-state index contributed by atoms with van der Waals surface area (Å²) >= 11 is 3.30. The zero-order chi connectivity index (χ0) is 16.5. The van der Waals surface area contributed by atoms with E-state index >= 15 is 0 Å². The largest absolute Gasteiger partial charge is 0.339 e. The minimum Gasteiger partial charge on any atom is -0.339 e. The van der Waals surface area contributed by atoms with E-state index in [1.165, 1.54) is 17.7 Å². The summed E-state index contributed by atoms with van der Waals surface area (Å²) < 4.78 is 2.27. The maximum Gasteiger partial charge on any atom is 0.233 e. The van der Waals surface area contributed by atoms with Crippen molar-refractivity contribution in [2.45, 2.75) is 56.3 Å². The van der Waals surface area contributed by atoms with Gasteiger partial charge in [-0.1, -0.05) is 17.8 Å². The Morgan fingerprint density at radius 3 is 2.83 bits per heavy atom. The first-order chi connectivity index (χ1) is 11.8. The molecule has 2 aliphatic carbocycles. The minimum absolute atomic E-state index is 0.232. The molecule has 2 heterocycles. The van der Waals surface area contributed by atoms with Gasteiger partial charge in [0.1, 0.15) is 5.82 Å². The van der Waals surface area contributed by atoms with Crippen molar-refractivity contribution >= 4 is 29.0 Å². The number of aromatic nitrogens is 3. The minimum atomic E-state index is 0.232. The summed E-state index contributed by atoms with van der Waals surface area (Å²) in [6.07, 6.45) is 5.54. The van der Waals surface area contributed by atoms with E-state index in [4.69, 9.17) is 0 Å². The molecule has 2 saturated carbocycles. The Labute approximate surface area is 150 Å². The average Bonchev–Trinajstić information content (AvgIpc) is 3.51. The van der Waals surface area contributed by atoms with Gasteiger partial charge in [-0.05, 0) is 44.1 Å². The number of carbonyl (C=O) groups excluding carboxylic acids is 1. The van der Waals surface area contributed by atoms with Gasteiger partial charge in [-0.3, -0.25) is 4.79 Å². The summed E-state index contributed by atoms with van der Waals surface area (Å²) in [5, 5.41) is 11.8. The zero-order valence-electron chi connectivity index (χ0n) is 13.9. The number of carbonyl (C=O) groups is 1. The van der Waals surface area contributed by atoms with Gasteiger partial charge in [0, 0.05) is 29.9 Å². The molecule has 0 aromatic carbocycles. The van der Waals surface area contributed by atoms with Crippen LogP contribution >= 0.6 is 23.1 Å². The lowest BCUT2D eigenvalue weighted by Gasteiger charge is -2.19. The van der Waals surface area contributed by atoms with Crippen molar-refractivity contribution < 1.29 is 4.79 Å². The number of thioether (sulfide) groups is 1. The molecular formula is C17H22N4OS2. The Balaban J connectivity index is 1.45. The Hall–Kier alpha value is -1.34. The highest BCUT2D eigenvalue weighted by atomic mass is 32.2. The molecule has 5 nitrogen and oxygen atoms in total. The first-order valence-electron chi connectivity index (χ1n) is 8.64. The molecule has 0 atom stereocenters. The third kappa shape index (κ3) is 3.52. The molecule has 1 amide bonds. The molecule has 0 spiro atoms. The molecule has 2 aliphatic rings. The van der Waals surface area contributed by atoms with Crippen LogP contribution in [0.25, 0.3) is 0 Å². The number of hydrogen-bond acceptors (Lipinski definition) is 5. The molecule has 0 saturated heterocycles. The molecular weight excluding hydrogens is 340 g/mol. The number of thiophene rings is 1. The molecule has 2 aromatic rings. The lowest BCUT2D eigenvalue weighted by atomic mass is 10.3. The summed E-state index contributed by atoms with van der Waals surface area (Å²) in [4.78, 5) is 15.8. The third-order valence-electron chi connectivity index (χ3n) is 4.53. The first-order valence-corrected chi connectivity index (χ1v) is 10.5. The van der Waals surface area contributed by atoms with Gasteiger partial charge in [-0.15, -0.1) is 21.5 Å². The van der Waals surface area contributed by atoms with Gasteiger partial charge in [0.15, 0.2) is 5.16 Å². The average molecular weight is 363 g/mol. The fourth-order valence-electron chi connectivity index (χ4n) is 3.03. The van der Waals surface area contributed by atoms with Crippen LogP contribution in [0.1, 0.15) is 49.4 Å². The Morgan fingerprint density at radius 2 is 2.21 bits per heavy atom. The quantitative estimate of drug-likeness (QED) is 0.676. The van der Waals surface area contributed by atoms with E-state index in [1.807, 2.05) is 4.90 Å². The molecule has 4 rings (SSSR count). The van der Waals surface area contributed by atoms with Crippen molar-refractivity contribution in [3.63, 3.8) is 0 Å². The molecule has 24 heavy (non-hydrogen) atoms. The van der Waals surface area contributed by atoms with Crippen LogP contribution in [0, 0.1) is 0 Å². The van der Waals surface area contributed by atoms with E-state index in [-0.39, 0.29) is 5.91 Å². The standard InChI is InChI=1S/C17H22N4OS2/c1-2-20(12-5-6-12)16(22)11-24-17-19-18-15(21(17)13-7-8-13)10-14-4-3-9-23-14/h3-4,9,12-13H,2,5-8,10-11H2,1H3. The van der Waals surface area contributed by atoms with Crippen molar-refractivity contribution in [1.29, 1.82) is 0 Å². The molecule has 0 bridgehead atoms. The highest BCUT2D eigenvalue weighted by molar-refractivity contribution is 7.99. The molecule has 7 heteroatoms. The Bertz CT molecular complexity index is 704. The van der Waals surface area contributed by atoms with Gasteiger partial charge in [0.2, 0.25) is 5.91 Å².